The molecule has 1 nitrogen and oxygen atoms in total. The molecule has 0 saturated heterocycles. The van der Waals surface area contributed by atoms with E-state index < -0.39 is 8.07 Å². The fraction of sp³-hybridized carbons (Fsp3) is 0.292. The number of thioether (sulfide) groups is 1. The summed E-state index contributed by atoms with van der Waals surface area (Å²) in [4.78, 5) is 12.1. The van der Waals surface area contributed by atoms with Crippen LogP contribution in [0.3, 0.4) is 0 Å². The summed E-state index contributed by atoms with van der Waals surface area (Å²) in [6.07, 6.45) is 0.932. The van der Waals surface area contributed by atoms with Gasteiger partial charge in [0.05, 0.1) is 0 Å². The number of carbonyl (C=O) groups is 1. The van der Waals surface area contributed by atoms with E-state index in [-0.39, 0.29) is 5.12 Å². The van der Waals surface area contributed by atoms with Gasteiger partial charge in [-0.05, 0) is 60.9 Å². The maximum Gasteiger partial charge on any atom is 0.190 e. The lowest BCUT2D eigenvalue weighted by Crippen LogP contribution is -2.16. The maximum absolute atomic E-state index is 11.2. The Hall–Kier alpha value is -2.20. The normalized spacial score (nSPS) is 10.4. The highest BCUT2D eigenvalue weighted by molar-refractivity contribution is 8.13. The van der Waals surface area contributed by atoms with Gasteiger partial charge in [-0.25, -0.2) is 0 Å². The van der Waals surface area contributed by atoms with E-state index in [1.807, 2.05) is 24.3 Å². The average Bonchev–Trinajstić information content (AvgIpc) is 2.58. The van der Waals surface area contributed by atoms with Crippen LogP contribution in [0.2, 0.25) is 19.6 Å². The Morgan fingerprint density at radius 1 is 1.00 bits per heavy atom. The van der Waals surface area contributed by atoms with E-state index in [2.05, 4.69) is 68.9 Å². The maximum atomic E-state index is 11.2. The third-order valence-electron chi connectivity index (χ3n) is 3.83. The lowest BCUT2D eigenvalue weighted by atomic mass is 9.97. The Labute approximate surface area is 169 Å². The number of aryl methyl sites for hydroxylation is 2. The summed E-state index contributed by atoms with van der Waals surface area (Å²) >= 11 is 1.24. The molecule has 2 aromatic rings. The molecule has 3 heteroatoms. The van der Waals surface area contributed by atoms with E-state index in [1.165, 1.54) is 22.9 Å². The summed E-state index contributed by atoms with van der Waals surface area (Å²) < 4.78 is 0. The molecule has 0 radical (unpaired) electrons. The van der Waals surface area contributed by atoms with Gasteiger partial charge in [0, 0.05) is 28.5 Å². The van der Waals surface area contributed by atoms with E-state index in [1.54, 1.807) is 6.92 Å². The van der Waals surface area contributed by atoms with Crippen molar-refractivity contribution in [1.82, 2.24) is 0 Å². The molecule has 0 spiro atoms. The van der Waals surface area contributed by atoms with E-state index in [9.17, 15) is 4.79 Å². The first kappa shape index (κ1) is 21.1. The zero-order chi connectivity index (χ0) is 20.0. The summed E-state index contributed by atoms with van der Waals surface area (Å²) in [7, 11) is -1.38. The Kier molecular flexibility index (Phi) is 7.14. The van der Waals surface area contributed by atoms with Gasteiger partial charge >= 0.3 is 0 Å². The van der Waals surface area contributed by atoms with Crippen LogP contribution in [0.1, 0.15) is 41.7 Å². The first-order chi connectivity index (χ1) is 12.7. The van der Waals surface area contributed by atoms with E-state index in [4.69, 9.17) is 0 Å². The molecule has 0 aliphatic carbocycles. The Morgan fingerprint density at radius 3 is 2.22 bits per heavy atom. The minimum atomic E-state index is -1.38. The zero-order valence-corrected chi connectivity index (χ0v) is 18.8. The fourth-order valence-corrected chi connectivity index (χ4v) is 3.68. The highest BCUT2D eigenvalue weighted by Gasteiger charge is 2.09. The summed E-state index contributed by atoms with van der Waals surface area (Å²) in [6, 6.07) is 12.1. The number of hydrogen-bond acceptors (Lipinski definition) is 2. The van der Waals surface area contributed by atoms with Crippen LogP contribution in [0.25, 0.3) is 0 Å². The standard InChI is InChI=1S/C24H26OSSi/c1-7-22-17-21(14-15-27(4,5)6)16-18(2)24(22)13-10-20-8-11-23(12-9-20)26-19(3)25/h8-9,11-12,16-17H,7H2,1-6H3. The predicted molar refractivity (Wildman–Crippen MR) is 120 cm³/mol. The van der Waals surface area contributed by atoms with Gasteiger partial charge in [-0.2, -0.15) is 0 Å². The van der Waals surface area contributed by atoms with Crippen molar-refractivity contribution >= 4 is 25.0 Å². The monoisotopic (exact) mass is 390 g/mol. The molecule has 2 rings (SSSR count). The van der Waals surface area contributed by atoms with Crippen molar-refractivity contribution in [3.05, 3.63) is 64.2 Å². The second kappa shape index (κ2) is 9.13. The van der Waals surface area contributed by atoms with Gasteiger partial charge in [0.2, 0.25) is 0 Å². The number of rotatable bonds is 2. The summed E-state index contributed by atoms with van der Waals surface area (Å²) in [5.74, 6) is 9.96. The van der Waals surface area contributed by atoms with E-state index in [0.29, 0.717) is 0 Å². The highest BCUT2D eigenvalue weighted by Crippen LogP contribution is 2.20. The van der Waals surface area contributed by atoms with Gasteiger partial charge in [-0.15, -0.1) is 5.54 Å². The van der Waals surface area contributed by atoms with Crippen molar-refractivity contribution < 1.29 is 4.79 Å². The third-order valence-corrected chi connectivity index (χ3v) is 5.50. The van der Waals surface area contributed by atoms with Crippen LogP contribution < -0.4 is 0 Å². The minimum absolute atomic E-state index is 0.0920. The van der Waals surface area contributed by atoms with Crippen molar-refractivity contribution in [1.29, 1.82) is 0 Å². The summed E-state index contributed by atoms with van der Waals surface area (Å²) in [5.41, 5.74) is 8.99. The van der Waals surface area contributed by atoms with Crippen molar-refractivity contribution in [3.63, 3.8) is 0 Å². The molecule has 0 amide bonds. The molecule has 0 N–H and O–H groups in total. The van der Waals surface area contributed by atoms with Crippen LogP contribution in [0.15, 0.2) is 41.3 Å². The molecular formula is C24H26OSSi. The van der Waals surface area contributed by atoms with Crippen LogP contribution >= 0.6 is 11.8 Å². The zero-order valence-electron chi connectivity index (χ0n) is 17.0. The molecule has 0 aliphatic heterocycles. The fourth-order valence-electron chi connectivity index (χ4n) is 2.56. The SMILES string of the molecule is CCc1cc(C#C[Si](C)(C)C)cc(C)c1C#Cc1ccc(SC(C)=O)cc1. The molecule has 0 unspecified atom stereocenters. The lowest BCUT2D eigenvalue weighted by molar-refractivity contribution is -0.109. The Bertz CT molecular complexity index is 958. The molecule has 27 heavy (non-hydrogen) atoms. The first-order valence-corrected chi connectivity index (χ1v) is 13.5. The molecule has 0 heterocycles. The average molecular weight is 391 g/mol. The molecule has 0 bridgehead atoms. The minimum Gasteiger partial charge on any atom is -0.287 e. The van der Waals surface area contributed by atoms with Gasteiger partial charge in [0.25, 0.3) is 0 Å². The van der Waals surface area contributed by atoms with Crippen molar-refractivity contribution in [2.45, 2.75) is 51.7 Å². The third kappa shape index (κ3) is 6.79. The van der Waals surface area contributed by atoms with Crippen molar-refractivity contribution in [2.24, 2.45) is 0 Å². The molecule has 0 fully saturated rings. The largest absolute Gasteiger partial charge is 0.287 e. The van der Waals surface area contributed by atoms with Gasteiger partial charge in [-0.3, -0.25) is 4.79 Å². The molecule has 138 valence electrons. The molecule has 0 saturated carbocycles. The van der Waals surface area contributed by atoms with Crippen molar-refractivity contribution in [3.8, 4) is 23.3 Å². The van der Waals surface area contributed by atoms with Crippen LogP contribution in [0.5, 0.6) is 0 Å². The van der Waals surface area contributed by atoms with E-state index >= 15 is 0 Å². The Morgan fingerprint density at radius 2 is 1.67 bits per heavy atom. The Balaban J connectivity index is 2.33. The molecule has 2 aromatic carbocycles. The van der Waals surface area contributed by atoms with E-state index in [0.717, 1.165) is 28.0 Å². The second-order valence-electron chi connectivity index (χ2n) is 7.55. The topological polar surface area (TPSA) is 17.1 Å². The molecule has 0 atom stereocenters. The van der Waals surface area contributed by atoms with Crippen molar-refractivity contribution in [2.75, 3.05) is 0 Å². The molecule has 0 aliphatic rings. The quantitative estimate of drug-likeness (QED) is 0.365. The van der Waals surface area contributed by atoms with Gasteiger partial charge in [0.15, 0.2) is 5.12 Å². The predicted octanol–water partition coefficient (Wildman–Crippen LogP) is 5.82. The molecular weight excluding hydrogens is 364 g/mol. The van der Waals surface area contributed by atoms with Gasteiger partial charge < -0.3 is 0 Å². The number of hydrogen-bond donors (Lipinski definition) is 0. The number of carbonyl (C=O) groups excluding carboxylic acids is 1. The van der Waals surface area contributed by atoms with Crippen LogP contribution in [-0.4, -0.2) is 13.2 Å². The summed E-state index contributed by atoms with van der Waals surface area (Å²) in [6.45, 7) is 12.6. The van der Waals surface area contributed by atoms with Crippen LogP contribution in [-0.2, 0) is 11.2 Å². The highest BCUT2D eigenvalue weighted by atomic mass is 32.2. The van der Waals surface area contributed by atoms with Crippen LogP contribution in [0.4, 0.5) is 0 Å². The van der Waals surface area contributed by atoms with Gasteiger partial charge in [0.1, 0.15) is 8.07 Å². The number of benzene rings is 2. The summed E-state index contributed by atoms with van der Waals surface area (Å²) in [5, 5.41) is 0.0920. The molecule has 0 aromatic heterocycles. The smallest absolute Gasteiger partial charge is 0.190 e. The van der Waals surface area contributed by atoms with Crippen LogP contribution in [0, 0.1) is 30.2 Å². The second-order valence-corrected chi connectivity index (χ2v) is 13.5. The lowest BCUT2D eigenvalue weighted by Gasteiger charge is -2.08. The first-order valence-electron chi connectivity index (χ1n) is 9.15. The van der Waals surface area contributed by atoms with Gasteiger partial charge in [-0.1, -0.05) is 56.1 Å².